The molecule has 0 radical (unpaired) electrons. The molecule has 0 saturated heterocycles. The van der Waals surface area contributed by atoms with Crippen LogP contribution in [0.2, 0.25) is 0 Å². The van der Waals surface area contributed by atoms with E-state index in [-0.39, 0.29) is 0 Å². The highest BCUT2D eigenvalue weighted by Gasteiger charge is 2.30. The van der Waals surface area contributed by atoms with Crippen molar-refractivity contribution in [1.82, 2.24) is 14.5 Å². The third-order valence-corrected chi connectivity index (χ3v) is 5.05. The number of pyridine rings is 1. The number of carbonyl (C=O) groups is 1. The molecule has 122 valence electrons. The van der Waals surface area contributed by atoms with Crippen LogP contribution in [0.4, 0.5) is 5.69 Å². The molecule has 1 aromatic carbocycles. The molecule has 0 unspecified atom stereocenters. The van der Waals surface area contributed by atoms with E-state index in [0.717, 1.165) is 39.0 Å². The average Bonchev–Trinajstić information content (AvgIpc) is 3.37. The molecule has 1 fully saturated rings. The first kappa shape index (κ1) is 15.2. The lowest BCUT2D eigenvalue weighted by molar-refractivity contribution is -0.105. The quantitative estimate of drug-likeness (QED) is 0.566. The van der Waals surface area contributed by atoms with E-state index in [4.69, 9.17) is 9.97 Å². The maximum Gasteiger partial charge on any atom is 0.211 e. The Hall–Kier alpha value is -2.34. The molecule has 0 bridgehead atoms. The second kappa shape index (κ2) is 5.94. The molecule has 1 aliphatic carbocycles. The summed E-state index contributed by atoms with van der Waals surface area (Å²) in [4.78, 5) is 21.3. The van der Waals surface area contributed by atoms with Crippen molar-refractivity contribution in [2.24, 2.45) is 0 Å². The lowest BCUT2D eigenvalue weighted by Gasteiger charge is -2.12. The standard InChI is InChI=1S/C18H18N4OS/c1-11-3-7-15-18(20-11)22(17(21-15)12-4-5-12)13-6-8-14(19-10-23)16(9-13)24-2/h3,6-10,12H,4-5H2,1-2H3,(H,19,23). The summed E-state index contributed by atoms with van der Waals surface area (Å²) in [6.07, 6.45) is 5.08. The van der Waals surface area contributed by atoms with Crippen LogP contribution in [0.3, 0.4) is 0 Å². The number of anilines is 1. The summed E-state index contributed by atoms with van der Waals surface area (Å²) in [7, 11) is 0. The number of hydrogen-bond donors (Lipinski definition) is 1. The van der Waals surface area contributed by atoms with Crippen molar-refractivity contribution >= 4 is 35.0 Å². The Balaban J connectivity index is 1.93. The fourth-order valence-electron chi connectivity index (χ4n) is 2.94. The molecule has 5 nitrogen and oxygen atoms in total. The Morgan fingerprint density at radius 1 is 1.25 bits per heavy atom. The second-order valence-electron chi connectivity index (χ2n) is 6.02. The van der Waals surface area contributed by atoms with E-state index < -0.39 is 0 Å². The first-order valence-electron chi connectivity index (χ1n) is 7.96. The Morgan fingerprint density at radius 3 is 2.79 bits per heavy atom. The first-order valence-corrected chi connectivity index (χ1v) is 9.18. The van der Waals surface area contributed by atoms with Gasteiger partial charge in [0.2, 0.25) is 6.41 Å². The van der Waals surface area contributed by atoms with Gasteiger partial charge in [0, 0.05) is 16.5 Å². The van der Waals surface area contributed by atoms with Gasteiger partial charge in [-0.25, -0.2) is 9.97 Å². The molecule has 1 amide bonds. The molecular formula is C18H18N4OS. The third kappa shape index (κ3) is 2.57. The van der Waals surface area contributed by atoms with Gasteiger partial charge >= 0.3 is 0 Å². The fraction of sp³-hybridized carbons (Fsp3) is 0.278. The summed E-state index contributed by atoms with van der Waals surface area (Å²) >= 11 is 1.61. The molecule has 2 aromatic heterocycles. The number of amides is 1. The summed E-state index contributed by atoms with van der Waals surface area (Å²) in [6.45, 7) is 2.00. The lowest BCUT2D eigenvalue weighted by atomic mass is 10.2. The number of aryl methyl sites for hydroxylation is 1. The number of rotatable bonds is 5. The number of nitrogens with zero attached hydrogens (tertiary/aromatic N) is 3. The van der Waals surface area contributed by atoms with Crippen LogP contribution in [0.5, 0.6) is 0 Å². The summed E-state index contributed by atoms with van der Waals surface area (Å²) in [5, 5.41) is 2.75. The Labute approximate surface area is 144 Å². The van der Waals surface area contributed by atoms with Gasteiger partial charge in [0.05, 0.1) is 11.4 Å². The zero-order chi connectivity index (χ0) is 16.7. The van der Waals surface area contributed by atoms with E-state index in [1.807, 2.05) is 37.4 Å². The zero-order valence-electron chi connectivity index (χ0n) is 13.6. The van der Waals surface area contributed by atoms with Crippen LogP contribution in [0.15, 0.2) is 35.2 Å². The molecule has 0 atom stereocenters. The van der Waals surface area contributed by atoms with Crippen LogP contribution in [-0.2, 0) is 4.79 Å². The predicted octanol–water partition coefficient (Wildman–Crippen LogP) is 3.90. The van der Waals surface area contributed by atoms with Gasteiger partial charge < -0.3 is 5.32 Å². The minimum absolute atomic E-state index is 0.519. The van der Waals surface area contributed by atoms with Crippen molar-refractivity contribution in [3.8, 4) is 5.69 Å². The molecule has 6 heteroatoms. The molecule has 2 heterocycles. The normalized spacial score (nSPS) is 14.1. The Bertz CT molecular complexity index is 930. The van der Waals surface area contributed by atoms with E-state index >= 15 is 0 Å². The first-order chi connectivity index (χ1) is 11.7. The van der Waals surface area contributed by atoms with Gasteiger partial charge in [0.25, 0.3) is 0 Å². The number of benzene rings is 1. The number of hydrogen-bond acceptors (Lipinski definition) is 4. The monoisotopic (exact) mass is 338 g/mol. The van der Waals surface area contributed by atoms with Gasteiger partial charge in [0.1, 0.15) is 11.3 Å². The van der Waals surface area contributed by atoms with Gasteiger partial charge in [-0.05, 0) is 56.4 Å². The number of imidazole rings is 1. The number of thioether (sulfide) groups is 1. The van der Waals surface area contributed by atoms with Crippen molar-refractivity contribution in [3.63, 3.8) is 0 Å². The van der Waals surface area contributed by atoms with Crippen LogP contribution in [-0.4, -0.2) is 27.2 Å². The Kier molecular flexibility index (Phi) is 3.76. The minimum atomic E-state index is 0.519. The average molecular weight is 338 g/mol. The molecular weight excluding hydrogens is 320 g/mol. The van der Waals surface area contributed by atoms with Gasteiger partial charge in [0.15, 0.2) is 5.65 Å². The molecule has 3 aromatic rings. The van der Waals surface area contributed by atoms with Crippen LogP contribution >= 0.6 is 11.8 Å². The molecule has 0 spiro atoms. The van der Waals surface area contributed by atoms with E-state index in [1.165, 1.54) is 12.8 Å². The lowest BCUT2D eigenvalue weighted by Crippen LogP contribution is -2.03. The summed E-state index contributed by atoms with van der Waals surface area (Å²) in [5.74, 6) is 1.61. The largest absolute Gasteiger partial charge is 0.328 e. The van der Waals surface area contributed by atoms with Crippen molar-refractivity contribution in [1.29, 1.82) is 0 Å². The fourth-order valence-corrected chi connectivity index (χ4v) is 3.53. The molecule has 1 saturated carbocycles. The number of carbonyl (C=O) groups excluding carboxylic acids is 1. The highest BCUT2D eigenvalue weighted by atomic mass is 32.2. The van der Waals surface area contributed by atoms with Gasteiger partial charge in [-0.3, -0.25) is 9.36 Å². The van der Waals surface area contributed by atoms with Gasteiger partial charge in [-0.1, -0.05) is 0 Å². The molecule has 1 N–H and O–H groups in total. The smallest absolute Gasteiger partial charge is 0.211 e. The second-order valence-corrected chi connectivity index (χ2v) is 6.87. The van der Waals surface area contributed by atoms with Crippen LogP contribution in [0.25, 0.3) is 16.9 Å². The SMILES string of the molecule is CSc1cc(-n2c(C3CC3)nc3ccc(C)nc32)ccc1NC=O. The van der Waals surface area contributed by atoms with Crippen molar-refractivity contribution in [2.45, 2.75) is 30.6 Å². The number of fused-ring (bicyclic) bond motifs is 1. The molecule has 0 aliphatic heterocycles. The van der Waals surface area contributed by atoms with Crippen LogP contribution < -0.4 is 5.32 Å². The minimum Gasteiger partial charge on any atom is -0.328 e. The highest BCUT2D eigenvalue weighted by molar-refractivity contribution is 7.98. The third-order valence-electron chi connectivity index (χ3n) is 4.27. The van der Waals surface area contributed by atoms with Crippen molar-refractivity contribution in [2.75, 3.05) is 11.6 Å². The Morgan fingerprint density at radius 2 is 2.08 bits per heavy atom. The number of aromatic nitrogens is 3. The summed E-state index contributed by atoms with van der Waals surface area (Å²) in [5.41, 5.74) is 4.68. The van der Waals surface area contributed by atoms with Gasteiger partial charge in [-0.2, -0.15) is 0 Å². The van der Waals surface area contributed by atoms with E-state index in [1.54, 1.807) is 11.8 Å². The molecule has 1 aliphatic rings. The maximum atomic E-state index is 10.8. The molecule has 4 rings (SSSR count). The summed E-state index contributed by atoms with van der Waals surface area (Å²) in [6, 6.07) is 10.1. The highest BCUT2D eigenvalue weighted by Crippen LogP contribution is 2.42. The van der Waals surface area contributed by atoms with Crippen molar-refractivity contribution in [3.05, 3.63) is 41.9 Å². The predicted molar refractivity (Wildman–Crippen MR) is 97.0 cm³/mol. The topological polar surface area (TPSA) is 59.8 Å². The van der Waals surface area contributed by atoms with E-state index in [2.05, 4.69) is 16.0 Å². The van der Waals surface area contributed by atoms with E-state index in [0.29, 0.717) is 12.3 Å². The maximum absolute atomic E-state index is 10.8. The summed E-state index contributed by atoms with van der Waals surface area (Å²) < 4.78 is 2.17. The van der Waals surface area contributed by atoms with E-state index in [9.17, 15) is 4.79 Å². The van der Waals surface area contributed by atoms with Crippen LogP contribution in [0, 0.1) is 6.92 Å². The van der Waals surface area contributed by atoms with Crippen LogP contribution in [0.1, 0.15) is 30.3 Å². The number of nitrogens with one attached hydrogen (secondary N) is 1. The van der Waals surface area contributed by atoms with Gasteiger partial charge in [-0.15, -0.1) is 11.8 Å². The van der Waals surface area contributed by atoms with Crippen molar-refractivity contribution < 1.29 is 4.79 Å². The molecule has 24 heavy (non-hydrogen) atoms. The zero-order valence-corrected chi connectivity index (χ0v) is 14.4.